The lowest BCUT2D eigenvalue weighted by Crippen LogP contribution is -2.64. The highest BCUT2D eigenvalue weighted by molar-refractivity contribution is 4.93. The van der Waals surface area contributed by atoms with E-state index < -0.39 is 106 Å². The van der Waals surface area contributed by atoms with Crippen LogP contribution in [-0.4, -0.2) is 173 Å². The number of hydrogen-bond donors (Lipinski definition) is 13. The Morgan fingerprint density at radius 1 is 0.606 bits per heavy atom. The summed E-state index contributed by atoms with van der Waals surface area (Å²) in [6, 6.07) is 0. The second-order valence-electron chi connectivity index (χ2n) is 7.52. The van der Waals surface area contributed by atoms with Gasteiger partial charge < -0.3 is 80.6 Å². The van der Waals surface area contributed by atoms with Crippen LogP contribution in [0.4, 0.5) is 0 Å². The Hall–Kier alpha value is -0.640. The molecule has 33 heavy (non-hydrogen) atoms. The van der Waals surface area contributed by atoms with Crippen molar-refractivity contribution in [2.75, 3.05) is 26.4 Å². The van der Waals surface area contributed by atoms with E-state index >= 15 is 0 Å². The van der Waals surface area contributed by atoms with Gasteiger partial charge in [0.15, 0.2) is 12.6 Å². The summed E-state index contributed by atoms with van der Waals surface area (Å²) >= 11 is 0. The molecule has 2 saturated heterocycles. The molecule has 0 radical (unpaired) electrons. The molecule has 0 bridgehead atoms. The predicted molar refractivity (Wildman–Crippen MR) is 101 cm³/mol. The summed E-state index contributed by atoms with van der Waals surface area (Å²) in [6.07, 6.45) is -19.9. The average Bonchev–Trinajstić information content (AvgIpc) is 2.82. The fourth-order valence-electron chi connectivity index (χ4n) is 3.04. The van der Waals surface area contributed by atoms with E-state index in [0.717, 1.165) is 0 Å². The highest BCUT2D eigenvalue weighted by Crippen LogP contribution is 2.28. The van der Waals surface area contributed by atoms with Crippen molar-refractivity contribution in [1.29, 1.82) is 0 Å². The minimum absolute atomic E-state index is 0.641. The van der Waals surface area contributed by atoms with Crippen molar-refractivity contribution in [3.63, 3.8) is 0 Å². The van der Waals surface area contributed by atoms with E-state index in [2.05, 4.69) is 0 Å². The maximum Gasteiger partial charge on any atom is 0.187 e. The lowest BCUT2D eigenvalue weighted by Gasteiger charge is -2.45. The van der Waals surface area contributed by atoms with Gasteiger partial charge in [0.2, 0.25) is 0 Å². The van der Waals surface area contributed by atoms with Crippen LogP contribution in [0.15, 0.2) is 0 Å². The molecule has 2 aliphatic heterocycles. The number of rotatable bonds is 8. The molecule has 0 aromatic heterocycles. The fourth-order valence-corrected chi connectivity index (χ4v) is 3.04. The first-order valence-corrected chi connectivity index (χ1v) is 9.97. The Morgan fingerprint density at radius 2 is 1.12 bits per heavy atom. The van der Waals surface area contributed by atoms with E-state index in [4.69, 9.17) is 44.8 Å². The topological polar surface area (TPSA) is 291 Å². The number of hydrogen-bond acceptors (Lipinski definition) is 16. The van der Waals surface area contributed by atoms with Crippen molar-refractivity contribution >= 4 is 0 Å². The van der Waals surface area contributed by atoms with Gasteiger partial charge in [-0.15, -0.1) is 0 Å². The monoisotopic (exact) mass is 494 g/mol. The molecule has 0 aromatic rings. The van der Waals surface area contributed by atoms with Gasteiger partial charge in [0.1, 0.15) is 67.1 Å². The lowest BCUT2D eigenvalue weighted by molar-refractivity contribution is -0.355. The Bertz CT molecular complexity index is 527. The molecule has 13 atom stereocenters. The molecule has 13 N–H and O–H groups in total. The molecule has 2 rings (SSSR count). The van der Waals surface area contributed by atoms with Crippen LogP contribution in [0.25, 0.3) is 0 Å². The van der Waals surface area contributed by atoms with Crippen molar-refractivity contribution in [2.45, 2.75) is 79.7 Å². The maximum absolute atomic E-state index is 9.94. The minimum atomic E-state index is -1.74. The fraction of sp³-hybridized carbons (Fsp3) is 1.00. The third-order valence-corrected chi connectivity index (χ3v) is 5.14. The second-order valence-corrected chi connectivity index (χ2v) is 7.52. The summed E-state index contributed by atoms with van der Waals surface area (Å²) in [4.78, 5) is 0. The third-order valence-electron chi connectivity index (χ3n) is 5.14. The highest BCUT2D eigenvalue weighted by atomic mass is 16.7. The van der Waals surface area contributed by atoms with Gasteiger partial charge in [-0.25, -0.2) is 0 Å². The minimum Gasteiger partial charge on any atom is -0.394 e. The van der Waals surface area contributed by atoms with E-state index in [9.17, 15) is 35.7 Å². The van der Waals surface area contributed by atoms with Crippen LogP contribution in [0, 0.1) is 0 Å². The van der Waals surface area contributed by atoms with E-state index in [1.165, 1.54) is 0 Å². The molecule has 16 heteroatoms. The smallest absolute Gasteiger partial charge is 0.187 e. The van der Waals surface area contributed by atoms with Crippen molar-refractivity contribution in [2.24, 2.45) is 0 Å². The van der Waals surface area contributed by atoms with Crippen LogP contribution in [0.5, 0.6) is 0 Å². The van der Waals surface area contributed by atoms with Crippen molar-refractivity contribution in [3.05, 3.63) is 0 Å². The van der Waals surface area contributed by atoms with Gasteiger partial charge in [0.05, 0.1) is 26.4 Å². The highest BCUT2D eigenvalue weighted by Gasteiger charge is 2.50. The molecule has 0 aliphatic carbocycles. The Morgan fingerprint density at radius 3 is 1.58 bits per heavy atom. The number of aliphatic hydroxyl groups excluding tert-OH is 13. The molecule has 0 spiro atoms. The van der Waals surface area contributed by atoms with Gasteiger partial charge in [-0.05, 0) is 0 Å². The Kier molecular flexibility index (Phi) is 12.9. The third kappa shape index (κ3) is 7.67. The molecule has 16 nitrogen and oxygen atoms in total. The van der Waals surface area contributed by atoms with Gasteiger partial charge in [0.25, 0.3) is 0 Å². The van der Waals surface area contributed by atoms with Crippen LogP contribution in [-0.2, 0) is 14.2 Å². The van der Waals surface area contributed by atoms with Gasteiger partial charge in [-0.2, -0.15) is 0 Å². The SMILES string of the molecule is OC[C@@H](O)[C@H](O)[C@@H](O)CO.OC[C@H]1O[C@@H](O[C@H]2[C@H](O)[C@@H](O)[C@H](O)O[C@@H]2CO)[C@H](O)[C@@H](O)[C@H]1O. The lowest BCUT2D eigenvalue weighted by atomic mass is 9.97. The molecular weight excluding hydrogens is 460 g/mol. The van der Waals surface area contributed by atoms with Gasteiger partial charge in [-0.3, -0.25) is 0 Å². The standard InChI is InChI=1S/C12H22O11.C5H12O5/c13-1-3-5(15)6(16)9(19)12(22-3)23-10-4(2-14)21-11(20)8(18)7(10)17;6-1-3(8)5(10)4(9)2-7/h3-20H,1-2H2;3-10H,1-2H2/t3-,4-,5+,6+,7-,8-,9-,10-,11-,12+;3-,4+,5+/m1./s1. The Labute approximate surface area is 187 Å². The van der Waals surface area contributed by atoms with Crippen LogP contribution < -0.4 is 0 Å². The second kappa shape index (κ2) is 14.0. The Balaban J connectivity index is 0.000000461. The van der Waals surface area contributed by atoms with Crippen molar-refractivity contribution < 1.29 is 80.6 Å². The molecular formula is C17H34O16. The summed E-state index contributed by atoms with van der Waals surface area (Å²) in [5.74, 6) is 0. The molecule has 0 aromatic carbocycles. The van der Waals surface area contributed by atoms with Gasteiger partial charge in [0, 0.05) is 0 Å². The van der Waals surface area contributed by atoms with Crippen molar-refractivity contribution in [1.82, 2.24) is 0 Å². The molecule has 2 aliphatic rings. The van der Waals surface area contributed by atoms with Crippen LogP contribution in [0.3, 0.4) is 0 Å². The van der Waals surface area contributed by atoms with Crippen LogP contribution >= 0.6 is 0 Å². The zero-order chi connectivity index (χ0) is 25.5. The zero-order valence-corrected chi connectivity index (χ0v) is 17.4. The summed E-state index contributed by atoms with van der Waals surface area (Å²) in [7, 11) is 0. The van der Waals surface area contributed by atoms with E-state index in [1.807, 2.05) is 0 Å². The first kappa shape index (κ1) is 30.4. The summed E-state index contributed by atoms with van der Waals surface area (Å²) in [5.41, 5.74) is 0. The summed E-state index contributed by atoms with van der Waals surface area (Å²) < 4.78 is 15.3. The molecule has 198 valence electrons. The van der Waals surface area contributed by atoms with E-state index in [-0.39, 0.29) is 0 Å². The largest absolute Gasteiger partial charge is 0.394 e. The maximum atomic E-state index is 9.94. The van der Waals surface area contributed by atoms with Crippen LogP contribution in [0.2, 0.25) is 0 Å². The van der Waals surface area contributed by atoms with E-state index in [0.29, 0.717) is 0 Å². The average molecular weight is 494 g/mol. The van der Waals surface area contributed by atoms with Gasteiger partial charge >= 0.3 is 0 Å². The normalized spacial score (nSPS) is 42.1. The first-order chi connectivity index (χ1) is 15.4. The molecule has 2 fully saturated rings. The van der Waals surface area contributed by atoms with Gasteiger partial charge in [-0.1, -0.05) is 0 Å². The zero-order valence-electron chi connectivity index (χ0n) is 17.4. The number of aliphatic hydroxyl groups is 13. The summed E-state index contributed by atoms with van der Waals surface area (Å²) in [6.45, 7) is -2.63. The number of ether oxygens (including phenoxy) is 3. The van der Waals surface area contributed by atoms with E-state index in [1.54, 1.807) is 0 Å². The molecule has 2 heterocycles. The molecule has 0 amide bonds. The van der Waals surface area contributed by atoms with Crippen LogP contribution in [0.1, 0.15) is 0 Å². The first-order valence-electron chi connectivity index (χ1n) is 9.97. The molecule has 0 unspecified atom stereocenters. The predicted octanol–water partition coefficient (Wildman–Crippen LogP) is -8.34. The molecule has 0 saturated carbocycles. The quantitative estimate of drug-likeness (QED) is 0.149. The summed E-state index contributed by atoms with van der Waals surface area (Å²) in [5, 5.41) is 119. The van der Waals surface area contributed by atoms with Crippen molar-refractivity contribution in [3.8, 4) is 0 Å².